The Bertz CT molecular complexity index is 1120. The van der Waals surface area contributed by atoms with Crippen LogP contribution >= 0.6 is 23.1 Å². The van der Waals surface area contributed by atoms with Gasteiger partial charge >= 0.3 is 5.97 Å². The summed E-state index contributed by atoms with van der Waals surface area (Å²) in [5, 5.41) is 12.1. The van der Waals surface area contributed by atoms with E-state index >= 15 is 4.39 Å². The number of carbonyl (C=O) groups is 1. The molecule has 1 saturated heterocycles. The Hall–Kier alpha value is -2.30. The van der Waals surface area contributed by atoms with E-state index in [1.165, 1.54) is 7.11 Å². The smallest absolute Gasteiger partial charge is 0.308 e. The highest BCUT2D eigenvalue weighted by atomic mass is 32.2. The minimum absolute atomic E-state index is 0.0348. The molecule has 1 aliphatic heterocycles. The number of carboxylic acids is 1. The van der Waals surface area contributed by atoms with Crippen LogP contribution in [0.1, 0.15) is 31.0 Å². The van der Waals surface area contributed by atoms with Gasteiger partial charge in [0, 0.05) is 41.4 Å². The van der Waals surface area contributed by atoms with Crippen molar-refractivity contribution in [2.75, 3.05) is 32.5 Å². The molecule has 0 amide bonds. The molecular formula is C24H27F2N3O3S2. The summed E-state index contributed by atoms with van der Waals surface area (Å²) in [6.45, 7) is 2.00. The van der Waals surface area contributed by atoms with Gasteiger partial charge in [-0.05, 0) is 49.9 Å². The molecule has 3 aromatic rings. The number of nitrogens with zero attached hydrogens (tertiary/aromatic N) is 3. The molecular weight excluding hydrogens is 480 g/mol. The standard InChI is InChI=1S/C24H27F2N3O3S2/c1-32-16-3-5-21-17(12-16)22(20(26)13-28-21)19(25)4-2-15-6-8-29(14-18(15)23(30)31)9-11-34-24-27-7-10-33-24/h3,5,7,10,12-13,15,18-19H,2,4,6,8-9,11,14H2,1H3,(H,30,31). The van der Waals surface area contributed by atoms with Crippen molar-refractivity contribution < 1.29 is 23.4 Å². The first kappa shape index (κ1) is 24.8. The van der Waals surface area contributed by atoms with Crippen LogP contribution in [0.4, 0.5) is 8.78 Å². The lowest BCUT2D eigenvalue weighted by Crippen LogP contribution is -2.44. The van der Waals surface area contributed by atoms with Gasteiger partial charge in [-0.3, -0.25) is 9.78 Å². The predicted octanol–water partition coefficient (Wildman–Crippen LogP) is 5.44. The van der Waals surface area contributed by atoms with E-state index in [1.807, 2.05) is 5.38 Å². The van der Waals surface area contributed by atoms with E-state index in [2.05, 4.69) is 14.9 Å². The number of hydrogen-bond donors (Lipinski definition) is 1. The number of piperidine rings is 1. The average molecular weight is 508 g/mol. The second kappa shape index (κ2) is 11.4. The Morgan fingerprint density at radius 1 is 1.41 bits per heavy atom. The van der Waals surface area contributed by atoms with Gasteiger partial charge in [0.05, 0.1) is 24.7 Å². The van der Waals surface area contributed by atoms with E-state index in [9.17, 15) is 14.3 Å². The lowest BCUT2D eigenvalue weighted by Gasteiger charge is -2.36. The lowest BCUT2D eigenvalue weighted by atomic mass is 9.81. The van der Waals surface area contributed by atoms with Gasteiger partial charge in [-0.2, -0.15) is 0 Å². The number of hydrogen-bond acceptors (Lipinski definition) is 7. The zero-order valence-corrected chi connectivity index (χ0v) is 20.5. The fourth-order valence-electron chi connectivity index (χ4n) is 4.56. The molecule has 1 aromatic carbocycles. The fraction of sp³-hybridized carbons (Fsp3) is 0.458. The number of halogens is 2. The summed E-state index contributed by atoms with van der Waals surface area (Å²) in [7, 11) is 1.50. The zero-order valence-electron chi connectivity index (χ0n) is 18.8. The Balaban J connectivity index is 1.38. The Labute approximate surface area is 205 Å². The van der Waals surface area contributed by atoms with Crippen molar-refractivity contribution in [2.45, 2.75) is 29.8 Å². The maximum absolute atomic E-state index is 15.3. The van der Waals surface area contributed by atoms with E-state index in [0.717, 1.165) is 29.4 Å². The summed E-state index contributed by atoms with van der Waals surface area (Å²) in [6.07, 6.45) is 2.38. The highest BCUT2D eigenvalue weighted by Gasteiger charge is 2.34. The van der Waals surface area contributed by atoms with Gasteiger partial charge in [0.1, 0.15) is 22.1 Å². The maximum atomic E-state index is 15.3. The second-order valence-corrected chi connectivity index (χ2v) is 10.6. The van der Waals surface area contributed by atoms with Gasteiger partial charge in [0.2, 0.25) is 0 Å². The molecule has 1 fully saturated rings. The van der Waals surface area contributed by atoms with Crippen molar-refractivity contribution in [1.29, 1.82) is 0 Å². The first-order valence-electron chi connectivity index (χ1n) is 11.2. The summed E-state index contributed by atoms with van der Waals surface area (Å²) in [5.74, 6) is -0.929. The fourth-order valence-corrected chi connectivity index (χ4v) is 6.27. The molecule has 3 atom stereocenters. The predicted molar refractivity (Wildman–Crippen MR) is 130 cm³/mol. The Morgan fingerprint density at radius 2 is 2.26 bits per heavy atom. The number of rotatable bonds is 10. The van der Waals surface area contributed by atoms with E-state index in [1.54, 1.807) is 47.5 Å². The molecule has 3 unspecified atom stereocenters. The average Bonchev–Trinajstić information content (AvgIpc) is 3.36. The summed E-state index contributed by atoms with van der Waals surface area (Å²) >= 11 is 3.26. The lowest BCUT2D eigenvalue weighted by molar-refractivity contribution is -0.146. The molecule has 0 saturated carbocycles. The molecule has 0 bridgehead atoms. The monoisotopic (exact) mass is 507 g/mol. The van der Waals surface area contributed by atoms with Crippen LogP contribution in [0.25, 0.3) is 10.9 Å². The Morgan fingerprint density at radius 3 is 3.00 bits per heavy atom. The Kier molecular flexibility index (Phi) is 8.33. The summed E-state index contributed by atoms with van der Waals surface area (Å²) in [6, 6.07) is 4.97. The van der Waals surface area contributed by atoms with Crippen LogP contribution in [0.3, 0.4) is 0 Å². The summed E-state index contributed by atoms with van der Waals surface area (Å²) < 4.78 is 36.2. The van der Waals surface area contributed by atoms with Crippen LogP contribution in [-0.4, -0.2) is 58.4 Å². The summed E-state index contributed by atoms with van der Waals surface area (Å²) in [5.41, 5.74) is 0.458. The zero-order chi connectivity index (χ0) is 24.1. The minimum atomic E-state index is -1.56. The molecule has 2 aromatic heterocycles. The van der Waals surface area contributed by atoms with E-state index in [4.69, 9.17) is 4.74 Å². The number of pyridine rings is 1. The largest absolute Gasteiger partial charge is 0.497 e. The highest BCUT2D eigenvalue weighted by molar-refractivity contribution is 8.01. The first-order chi connectivity index (χ1) is 16.5. The van der Waals surface area contributed by atoms with Crippen LogP contribution < -0.4 is 4.74 Å². The second-order valence-electron chi connectivity index (χ2n) is 8.39. The van der Waals surface area contributed by atoms with Gasteiger partial charge in [-0.25, -0.2) is 13.8 Å². The first-order valence-corrected chi connectivity index (χ1v) is 13.1. The number of benzene rings is 1. The quantitative estimate of drug-likeness (QED) is 0.366. The molecule has 6 nitrogen and oxygen atoms in total. The van der Waals surface area contributed by atoms with Crippen LogP contribution in [0, 0.1) is 17.7 Å². The van der Waals surface area contributed by atoms with Crippen LogP contribution in [0.5, 0.6) is 5.75 Å². The van der Waals surface area contributed by atoms with E-state index in [0.29, 0.717) is 36.0 Å². The number of thioether (sulfide) groups is 1. The molecule has 0 radical (unpaired) electrons. The number of ether oxygens (including phenoxy) is 1. The molecule has 4 rings (SSSR count). The van der Waals surface area contributed by atoms with Crippen molar-refractivity contribution in [2.24, 2.45) is 11.8 Å². The van der Waals surface area contributed by atoms with Gasteiger partial charge in [0.25, 0.3) is 0 Å². The third kappa shape index (κ3) is 5.84. The van der Waals surface area contributed by atoms with Gasteiger partial charge in [-0.1, -0.05) is 11.8 Å². The number of likely N-dealkylation sites (tertiary alicyclic amines) is 1. The number of thiazole rings is 1. The van der Waals surface area contributed by atoms with Crippen LogP contribution in [0.15, 0.2) is 40.3 Å². The molecule has 3 heterocycles. The number of aliphatic carboxylic acids is 1. The topological polar surface area (TPSA) is 75.5 Å². The molecule has 10 heteroatoms. The third-order valence-electron chi connectivity index (χ3n) is 6.37. The minimum Gasteiger partial charge on any atom is -0.497 e. The molecule has 1 N–H and O–H groups in total. The number of methoxy groups -OCH3 is 1. The van der Waals surface area contributed by atoms with Crippen molar-refractivity contribution in [3.63, 3.8) is 0 Å². The maximum Gasteiger partial charge on any atom is 0.308 e. The highest BCUT2D eigenvalue weighted by Crippen LogP contribution is 2.36. The van der Waals surface area contributed by atoms with Crippen LogP contribution in [-0.2, 0) is 4.79 Å². The van der Waals surface area contributed by atoms with Crippen molar-refractivity contribution in [1.82, 2.24) is 14.9 Å². The van der Waals surface area contributed by atoms with Crippen LogP contribution in [0.2, 0.25) is 0 Å². The number of carboxylic acid groups (broad SMARTS) is 1. The molecule has 182 valence electrons. The van der Waals surface area contributed by atoms with Crippen molar-refractivity contribution >= 4 is 40.0 Å². The number of alkyl halides is 1. The molecule has 0 spiro atoms. The number of aromatic nitrogens is 2. The van der Waals surface area contributed by atoms with Gasteiger partial charge in [-0.15, -0.1) is 11.3 Å². The van der Waals surface area contributed by atoms with Crippen molar-refractivity contribution in [3.8, 4) is 5.75 Å². The molecule has 34 heavy (non-hydrogen) atoms. The SMILES string of the molecule is COc1ccc2ncc(F)c(C(F)CCC3CCN(CCSc4nccs4)CC3C(=O)O)c2c1. The summed E-state index contributed by atoms with van der Waals surface area (Å²) in [4.78, 5) is 22.4. The normalized spacial score (nSPS) is 19.9. The van der Waals surface area contributed by atoms with E-state index in [-0.39, 0.29) is 17.9 Å². The molecule has 1 aliphatic rings. The third-order valence-corrected chi connectivity index (χ3v) is 8.32. The van der Waals surface area contributed by atoms with Gasteiger partial charge < -0.3 is 14.7 Å². The number of fused-ring (bicyclic) bond motifs is 1. The molecule has 0 aliphatic carbocycles. The van der Waals surface area contributed by atoms with E-state index < -0.39 is 23.9 Å². The van der Waals surface area contributed by atoms with Gasteiger partial charge in [0.15, 0.2) is 0 Å². The van der Waals surface area contributed by atoms with Crippen molar-refractivity contribution in [3.05, 3.63) is 47.4 Å².